The van der Waals surface area contributed by atoms with Gasteiger partial charge in [-0.05, 0) is 42.9 Å². The molecule has 1 unspecified atom stereocenters. The number of aromatic nitrogens is 2. The number of hydrogen-bond donors (Lipinski definition) is 1. The van der Waals surface area contributed by atoms with Gasteiger partial charge in [0.1, 0.15) is 24.4 Å². The van der Waals surface area contributed by atoms with Crippen LogP contribution in [0.5, 0.6) is 0 Å². The number of carbonyl (C=O) groups excluding carboxylic acids is 1. The highest BCUT2D eigenvalue weighted by Gasteiger charge is 2.41. The molecule has 0 spiro atoms. The molecule has 1 aromatic carbocycles. The van der Waals surface area contributed by atoms with Crippen LogP contribution in [0, 0.1) is 12.8 Å². The van der Waals surface area contributed by atoms with E-state index < -0.39 is 5.41 Å². The summed E-state index contributed by atoms with van der Waals surface area (Å²) in [5, 5.41) is 0. The Labute approximate surface area is 205 Å². The molecule has 0 saturated heterocycles. The molecule has 1 aliphatic carbocycles. The highest BCUT2D eigenvalue weighted by molar-refractivity contribution is 5.91. The summed E-state index contributed by atoms with van der Waals surface area (Å²) in [6, 6.07) is 9.86. The lowest BCUT2D eigenvalue weighted by molar-refractivity contribution is -0.692. The second kappa shape index (κ2) is 12.4. The van der Waals surface area contributed by atoms with Gasteiger partial charge in [-0.25, -0.2) is 9.13 Å². The van der Waals surface area contributed by atoms with Crippen molar-refractivity contribution in [3.05, 3.63) is 103 Å². The molecule has 1 amide bonds. The van der Waals surface area contributed by atoms with Crippen LogP contribution in [0.4, 0.5) is 0 Å². The van der Waals surface area contributed by atoms with Gasteiger partial charge in [0.15, 0.2) is 0 Å². The van der Waals surface area contributed by atoms with Crippen molar-refractivity contribution < 1.29 is 9.36 Å². The number of allylic oxidation sites excluding steroid dienone is 6. The van der Waals surface area contributed by atoms with E-state index in [1.165, 1.54) is 37.9 Å². The minimum atomic E-state index is -0.940. The lowest BCUT2D eigenvalue weighted by Crippen LogP contribution is -2.44. The van der Waals surface area contributed by atoms with Crippen LogP contribution in [0.2, 0.25) is 0 Å². The highest BCUT2D eigenvalue weighted by Crippen LogP contribution is 2.37. The summed E-state index contributed by atoms with van der Waals surface area (Å²) in [5.74, 6) is 1.55. The van der Waals surface area contributed by atoms with E-state index >= 15 is 0 Å². The van der Waals surface area contributed by atoms with Gasteiger partial charge in [-0.1, -0.05) is 86.6 Å². The van der Waals surface area contributed by atoms with Crippen molar-refractivity contribution in [3.63, 3.8) is 0 Å². The van der Waals surface area contributed by atoms with Gasteiger partial charge in [0.25, 0.3) is 5.82 Å². The average molecular weight is 459 g/mol. The zero-order valence-electron chi connectivity index (χ0n) is 20.8. The van der Waals surface area contributed by atoms with Gasteiger partial charge in [-0.15, -0.1) is 0 Å². The summed E-state index contributed by atoms with van der Waals surface area (Å²) in [6.45, 7) is 9.50. The van der Waals surface area contributed by atoms with Crippen LogP contribution in [0.25, 0.3) is 0 Å². The first-order valence-electron chi connectivity index (χ1n) is 12.6. The molecule has 3 rings (SSSR count). The molecule has 2 N–H and O–H groups in total. The number of imidazole rings is 1. The SMILES string of the molecule is C=C/C=C(\C=C/C)C(CCn1cc[n+](C/C=C/C2CCCCC2)c1C)(C(N)=O)c1ccccc1. The molecule has 4 heteroatoms. The molecule has 1 aliphatic rings. The first-order chi connectivity index (χ1) is 16.5. The van der Waals surface area contributed by atoms with E-state index in [0.717, 1.165) is 23.6 Å². The van der Waals surface area contributed by atoms with Crippen molar-refractivity contribution in [1.29, 1.82) is 0 Å². The number of primary amides is 1. The summed E-state index contributed by atoms with van der Waals surface area (Å²) >= 11 is 0. The molecule has 34 heavy (non-hydrogen) atoms. The first-order valence-corrected chi connectivity index (χ1v) is 12.6. The smallest absolute Gasteiger partial charge is 0.253 e. The molecule has 1 atom stereocenters. The van der Waals surface area contributed by atoms with Crippen LogP contribution < -0.4 is 10.3 Å². The highest BCUT2D eigenvalue weighted by atomic mass is 16.1. The van der Waals surface area contributed by atoms with E-state index in [4.69, 9.17) is 5.73 Å². The summed E-state index contributed by atoms with van der Waals surface area (Å²) in [4.78, 5) is 13.1. The molecule has 0 radical (unpaired) electrons. The Bertz CT molecular complexity index is 1040. The van der Waals surface area contributed by atoms with E-state index in [1.54, 1.807) is 6.08 Å². The summed E-state index contributed by atoms with van der Waals surface area (Å²) < 4.78 is 4.48. The molecule has 180 valence electrons. The quantitative estimate of drug-likeness (QED) is 0.261. The van der Waals surface area contributed by atoms with Crippen molar-refractivity contribution in [2.75, 3.05) is 0 Å². The largest absolute Gasteiger partial charge is 0.369 e. The number of benzene rings is 1. The maximum Gasteiger partial charge on any atom is 0.253 e. The first kappa shape index (κ1) is 25.5. The van der Waals surface area contributed by atoms with E-state index in [1.807, 2.05) is 55.5 Å². The van der Waals surface area contributed by atoms with Crippen LogP contribution in [-0.4, -0.2) is 10.5 Å². The number of rotatable bonds is 11. The van der Waals surface area contributed by atoms with E-state index in [0.29, 0.717) is 13.0 Å². The van der Waals surface area contributed by atoms with Gasteiger partial charge in [0, 0.05) is 13.3 Å². The zero-order chi connectivity index (χ0) is 24.4. The molecule has 1 saturated carbocycles. The number of nitrogens with zero attached hydrogens (tertiary/aromatic N) is 2. The van der Waals surface area contributed by atoms with Crippen molar-refractivity contribution in [3.8, 4) is 0 Å². The minimum absolute atomic E-state index is 0.349. The molecule has 1 aromatic heterocycles. The topological polar surface area (TPSA) is 51.9 Å². The Morgan fingerprint density at radius 2 is 1.97 bits per heavy atom. The van der Waals surface area contributed by atoms with Crippen molar-refractivity contribution >= 4 is 5.91 Å². The number of hydrogen-bond acceptors (Lipinski definition) is 1. The van der Waals surface area contributed by atoms with E-state index in [-0.39, 0.29) is 5.91 Å². The van der Waals surface area contributed by atoms with Crippen molar-refractivity contribution in [2.24, 2.45) is 11.7 Å². The molecule has 1 fully saturated rings. The monoisotopic (exact) mass is 458 g/mol. The van der Waals surface area contributed by atoms with Gasteiger partial charge in [0.2, 0.25) is 5.91 Å². The van der Waals surface area contributed by atoms with Crippen LogP contribution in [0.15, 0.2) is 91.3 Å². The molecule has 0 aliphatic heterocycles. The molecule has 0 bridgehead atoms. The summed E-state index contributed by atoms with van der Waals surface area (Å²) in [6.07, 6.45) is 23.8. The molecule has 1 heterocycles. The Hall–Kier alpha value is -3.14. The maximum absolute atomic E-state index is 13.1. The van der Waals surface area contributed by atoms with Crippen molar-refractivity contribution in [2.45, 2.75) is 70.9 Å². The fourth-order valence-corrected chi connectivity index (χ4v) is 5.18. The minimum Gasteiger partial charge on any atom is -0.369 e. The van der Waals surface area contributed by atoms with Crippen molar-refractivity contribution in [1.82, 2.24) is 4.57 Å². The lowest BCUT2D eigenvalue weighted by atomic mass is 9.70. The molecule has 2 aromatic rings. The average Bonchev–Trinajstić information content (AvgIpc) is 3.20. The van der Waals surface area contributed by atoms with Crippen LogP contribution in [0.1, 0.15) is 56.8 Å². The number of aryl methyl sites for hydroxylation is 1. The van der Waals surface area contributed by atoms with Gasteiger partial charge < -0.3 is 5.73 Å². The molecule has 4 nitrogen and oxygen atoms in total. The van der Waals surface area contributed by atoms with Crippen LogP contribution in [0.3, 0.4) is 0 Å². The third kappa shape index (κ3) is 5.85. The normalized spacial score (nSPS) is 17.3. The third-order valence-electron chi connectivity index (χ3n) is 7.17. The van der Waals surface area contributed by atoms with Gasteiger partial charge in [-0.2, -0.15) is 0 Å². The zero-order valence-corrected chi connectivity index (χ0v) is 20.8. The third-order valence-corrected chi connectivity index (χ3v) is 7.17. The fraction of sp³-hybridized carbons (Fsp3) is 0.400. The number of carbonyl (C=O) groups is 1. The Morgan fingerprint density at radius 3 is 2.62 bits per heavy atom. The fourth-order valence-electron chi connectivity index (χ4n) is 5.18. The van der Waals surface area contributed by atoms with Gasteiger partial charge in [-0.3, -0.25) is 4.79 Å². The second-order valence-electron chi connectivity index (χ2n) is 9.26. The Balaban J connectivity index is 1.84. The summed E-state index contributed by atoms with van der Waals surface area (Å²) in [7, 11) is 0. The van der Waals surface area contributed by atoms with Crippen LogP contribution in [-0.2, 0) is 23.3 Å². The Kier molecular flexibility index (Phi) is 9.26. The molecular weight excluding hydrogens is 418 g/mol. The van der Waals surface area contributed by atoms with Gasteiger partial charge in [0.05, 0.1) is 6.54 Å². The number of amides is 1. The summed E-state index contributed by atoms with van der Waals surface area (Å²) in [5.41, 5.74) is 6.96. The number of nitrogens with two attached hydrogens (primary N) is 1. The second-order valence-corrected chi connectivity index (χ2v) is 9.26. The standard InChI is InChI=1S/C30H39N3O/c1-4-13-27(14-5-2)30(29(31)34,28-18-10-7-11-19-28)20-22-33-24-23-32(25(33)3)21-12-17-26-15-8-6-9-16-26/h4-5,7,10-14,17-19,23-24,26H,1,6,8-9,15-16,20-22H2,2-3H3,(H-,31,34)/p+1/b14-5-,17-12+,27-13+. The van der Waals surface area contributed by atoms with Crippen LogP contribution >= 0.6 is 0 Å². The maximum atomic E-state index is 13.1. The predicted molar refractivity (Wildman–Crippen MR) is 140 cm³/mol. The van der Waals surface area contributed by atoms with E-state index in [9.17, 15) is 4.79 Å². The Morgan fingerprint density at radius 1 is 1.24 bits per heavy atom. The predicted octanol–water partition coefficient (Wildman–Crippen LogP) is 5.72. The van der Waals surface area contributed by atoms with E-state index in [2.05, 4.69) is 47.2 Å². The van der Waals surface area contributed by atoms with Gasteiger partial charge >= 0.3 is 0 Å². The lowest BCUT2D eigenvalue weighted by Gasteiger charge is -2.32. The molecular formula is C30H40N3O+.